The first kappa shape index (κ1) is 10.0. The second kappa shape index (κ2) is 3.93. The van der Waals surface area contributed by atoms with Crippen LogP contribution in [0, 0.1) is 0 Å². The van der Waals surface area contributed by atoms with Crippen molar-refractivity contribution in [3.8, 4) is 0 Å². The van der Waals surface area contributed by atoms with Crippen LogP contribution >= 0.6 is 0 Å². The predicted octanol–water partition coefficient (Wildman–Crippen LogP) is 2.27. The Hall–Kier alpha value is -1.51. The largest absolute Gasteiger partial charge is 0.411 e. The standard InChI is InChI=1S/C12H16N2O/c1-3-9-4-5-12-10(8-9)11(13-15)6-7-14(12)2/h4-5,8,15H,3,6-7H2,1-2H3/b13-11-. The molecule has 3 nitrogen and oxygen atoms in total. The molecule has 0 spiro atoms. The summed E-state index contributed by atoms with van der Waals surface area (Å²) in [5, 5.41) is 12.3. The van der Waals surface area contributed by atoms with E-state index < -0.39 is 0 Å². The molecule has 0 saturated carbocycles. The number of hydrogen-bond donors (Lipinski definition) is 1. The van der Waals surface area contributed by atoms with Crippen molar-refractivity contribution in [1.29, 1.82) is 0 Å². The van der Waals surface area contributed by atoms with Gasteiger partial charge in [0.1, 0.15) is 0 Å². The third kappa shape index (κ3) is 1.69. The lowest BCUT2D eigenvalue weighted by Crippen LogP contribution is -2.28. The third-order valence-electron chi connectivity index (χ3n) is 3.00. The zero-order chi connectivity index (χ0) is 10.8. The Kier molecular flexibility index (Phi) is 2.62. The summed E-state index contributed by atoms with van der Waals surface area (Å²) in [4.78, 5) is 2.20. The SMILES string of the molecule is CCc1ccc2c(c1)/C(=N\O)CCN2C. The zero-order valence-electron chi connectivity index (χ0n) is 9.20. The number of nitrogens with zero attached hydrogens (tertiary/aromatic N) is 2. The van der Waals surface area contributed by atoms with Crippen molar-refractivity contribution in [1.82, 2.24) is 0 Å². The fraction of sp³-hybridized carbons (Fsp3) is 0.417. The molecular formula is C12H16N2O. The van der Waals surface area contributed by atoms with Gasteiger partial charge in [-0.05, 0) is 24.1 Å². The topological polar surface area (TPSA) is 35.8 Å². The van der Waals surface area contributed by atoms with Gasteiger partial charge in [0.05, 0.1) is 5.71 Å². The lowest BCUT2D eigenvalue weighted by Gasteiger charge is -2.28. The summed E-state index contributed by atoms with van der Waals surface area (Å²) >= 11 is 0. The van der Waals surface area contributed by atoms with E-state index in [1.54, 1.807) is 0 Å². The molecule has 1 N–H and O–H groups in total. The van der Waals surface area contributed by atoms with E-state index in [-0.39, 0.29) is 0 Å². The molecule has 0 aliphatic carbocycles. The first-order valence-electron chi connectivity index (χ1n) is 5.31. The van der Waals surface area contributed by atoms with E-state index in [2.05, 4.69) is 42.2 Å². The van der Waals surface area contributed by atoms with Gasteiger partial charge in [-0.1, -0.05) is 18.1 Å². The molecule has 0 saturated heterocycles. The summed E-state index contributed by atoms with van der Waals surface area (Å²) in [6.45, 7) is 3.04. The average molecular weight is 204 g/mol. The molecule has 1 aliphatic heterocycles. The Labute approximate surface area is 90.0 Å². The van der Waals surface area contributed by atoms with Gasteiger partial charge in [0.25, 0.3) is 0 Å². The molecule has 1 heterocycles. The van der Waals surface area contributed by atoms with Crippen LogP contribution in [0.2, 0.25) is 0 Å². The van der Waals surface area contributed by atoms with Gasteiger partial charge in [-0.2, -0.15) is 0 Å². The minimum atomic E-state index is 0.804. The van der Waals surface area contributed by atoms with Gasteiger partial charge in [-0.25, -0.2) is 0 Å². The summed E-state index contributed by atoms with van der Waals surface area (Å²) < 4.78 is 0. The van der Waals surface area contributed by atoms with Crippen LogP contribution in [0.25, 0.3) is 0 Å². The van der Waals surface area contributed by atoms with Crippen LogP contribution in [-0.4, -0.2) is 24.5 Å². The Morgan fingerprint density at radius 3 is 2.93 bits per heavy atom. The Morgan fingerprint density at radius 1 is 1.47 bits per heavy atom. The molecule has 1 aliphatic rings. The highest BCUT2D eigenvalue weighted by molar-refractivity contribution is 6.06. The van der Waals surface area contributed by atoms with Gasteiger partial charge in [-0.3, -0.25) is 0 Å². The number of aryl methyl sites for hydroxylation is 1. The number of benzene rings is 1. The fourth-order valence-corrected chi connectivity index (χ4v) is 2.00. The van der Waals surface area contributed by atoms with Crippen LogP contribution in [-0.2, 0) is 6.42 Å². The quantitative estimate of drug-likeness (QED) is 0.562. The Balaban J connectivity index is 2.53. The second-order valence-electron chi connectivity index (χ2n) is 3.92. The molecule has 80 valence electrons. The number of anilines is 1. The van der Waals surface area contributed by atoms with Gasteiger partial charge in [0.2, 0.25) is 0 Å². The number of hydrogen-bond acceptors (Lipinski definition) is 3. The minimum absolute atomic E-state index is 0.804. The molecule has 1 aromatic rings. The number of rotatable bonds is 1. The van der Waals surface area contributed by atoms with Crippen molar-refractivity contribution in [2.45, 2.75) is 19.8 Å². The third-order valence-corrected chi connectivity index (χ3v) is 3.00. The highest BCUT2D eigenvalue weighted by Crippen LogP contribution is 2.27. The molecular weight excluding hydrogens is 188 g/mol. The van der Waals surface area contributed by atoms with Crippen molar-refractivity contribution in [2.24, 2.45) is 5.16 Å². The lowest BCUT2D eigenvalue weighted by molar-refractivity contribution is 0.318. The van der Waals surface area contributed by atoms with Crippen LogP contribution in [0.15, 0.2) is 23.4 Å². The van der Waals surface area contributed by atoms with E-state index in [4.69, 9.17) is 5.21 Å². The van der Waals surface area contributed by atoms with Crippen LogP contribution in [0.5, 0.6) is 0 Å². The summed E-state index contributed by atoms with van der Waals surface area (Å²) in [7, 11) is 2.07. The predicted molar refractivity (Wildman–Crippen MR) is 62.0 cm³/mol. The van der Waals surface area contributed by atoms with E-state index in [9.17, 15) is 0 Å². The lowest BCUT2D eigenvalue weighted by atomic mass is 9.97. The van der Waals surface area contributed by atoms with Gasteiger partial charge in [0, 0.05) is 31.3 Å². The molecule has 0 atom stereocenters. The first-order valence-corrected chi connectivity index (χ1v) is 5.31. The molecule has 0 bridgehead atoms. The molecule has 15 heavy (non-hydrogen) atoms. The van der Waals surface area contributed by atoms with E-state index in [1.165, 1.54) is 5.56 Å². The molecule has 3 heteroatoms. The van der Waals surface area contributed by atoms with Crippen molar-refractivity contribution < 1.29 is 5.21 Å². The van der Waals surface area contributed by atoms with E-state index >= 15 is 0 Å². The van der Waals surface area contributed by atoms with E-state index in [1.807, 2.05) is 0 Å². The van der Waals surface area contributed by atoms with E-state index in [0.29, 0.717) is 0 Å². The molecule has 2 rings (SSSR count). The van der Waals surface area contributed by atoms with E-state index in [0.717, 1.165) is 36.3 Å². The van der Waals surface area contributed by atoms with Crippen molar-refractivity contribution in [3.05, 3.63) is 29.3 Å². The van der Waals surface area contributed by atoms with Crippen LogP contribution in [0.1, 0.15) is 24.5 Å². The average Bonchev–Trinajstić information content (AvgIpc) is 2.29. The molecule has 0 amide bonds. The summed E-state index contributed by atoms with van der Waals surface area (Å²) in [6.07, 6.45) is 1.82. The van der Waals surface area contributed by atoms with Crippen LogP contribution in [0.3, 0.4) is 0 Å². The smallest absolute Gasteiger partial charge is 0.0906 e. The van der Waals surface area contributed by atoms with Crippen LogP contribution < -0.4 is 4.90 Å². The highest BCUT2D eigenvalue weighted by Gasteiger charge is 2.19. The maximum Gasteiger partial charge on any atom is 0.0906 e. The molecule has 0 fully saturated rings. The summed E-state index contributed by atoms with van der Waals surface area (Å²) in [5.41, 5.74) is 4.32. The Bertz CT molecular complexity index is 399. The fourth-order valence-electron chi connectivity index (χ4n) is 2.00. The second-order valence-corrected chi connectivity index (χ2v) is 3.92. The zero-order valence-corrected chi connectivity index (χ0v) is 9.20. The monoisotopic (exact) mass is 204 g/mol. The minimum Gasteiger partial charge on any atom is -0.411 e. The molecule has 0 radical (unpaired) electrons. The van der Waals surface area contributed by atoms with Crippen molar-refractivity contribution in [2.75, 3.05) is 18.5 Å². The molecule has 1 aromatic carbocycles. The molecule has 0 aromatic heterocycles. The number of fused-ring (bicyclic) bond motifs is 1. The maximum absolute atomic E-state index is 8.96. The van der Waals surface area contributed by atoms with Gasteiger partial charge >= 0.3 is 0 Å². The summed E-state index contributed by atoms with van der Waals surface area (Å²) in [6, 6.07) is 6.37. The van der Waals surface area contributed by atoms with Gasteiger partial charge in [0.15, 0.2) is 0 Å². The maximum atomic E-state index is 8.96. The molecule has 0 unspecified atom stereocenters. The van der Waals surface area contributed by atoms with Crippen LogP contribution in [0.4, 0.5) is 5.69 Å². The highest BCUT2D eigenvalue weighted by atomic mass is 16.4. The van der Waals surface area contributed by atoms with Gasteiger partial charge in [-0.15, -0.1) is 0 Å². The summed E-state index contributed by atoms with van der Waals surface area (Å²) in [5.74, 6) is 0. The normalized spacial score (nSPS) is 18.0. The Morgan fingerprint density at radius 2 is 2.27 bits per heavy atom. The van der Waals surface area contributed by atoms with Crippen molar-refractivity contribution >= 4 is 11.4 Å². The van der Waals surface area contributed by atoms with Gasteiger partial charge < -0.3 is 10.1 Å². The first-order chi connectivity index (χ1) is 7.26. The van der Waals surface area contributed by atoms with Crippen molar-refractivity contribution in [3.63, 3.8) is 0 Å². The number of oxime groups is 1.